The molecule has 7 nitrogen and oxygen atoms in total. The fourth-order valence-corrected chi connectivity index (χ4v) is 4.07. The SMILES string of the molecule is CC(C)c1ccccc1NC(=O)COC(=O)c1ccc2c(c1)NC(=O)[C@@H]1CCCN21. The minimum absolute atomic E-state index is 0.0475. The van der Waals surface area contributed by atoms with Crippen molar-refractivity contribution in [3.8, 4) is 0 Å². The van der Waals surface area contributed by atoms with Crippen molar-refractivity contribution in [2.45, 2.75) is 38.6 Å². The molecule has 1 atom stereocenters. The molecule has 0 unspecified atom stereocenters. The van der Waals surface area contributed by atoms with Crippen LogP contribution in [0.2, 0.25) is 0 Å². The van der Waals surface area contributed by atoms with Gasteiger partial charge in [-0.1, -0.05) is 32.0 Å². The Hall–Kier alpha value is -3.35. The fraction of sp³-hybridized carbons (Fsp3) is 0.348. The van der Waals surface area contributed by atoms with Crippen molar-refractivity contribution in [2.24, 2.45) is 0 Å². The summed E-state index contributed by atoms with van der Waals surface area (Å²) in [6.07, 6.45) is 1.81. The lowest BCUT2D eigenvalue weighted by atomic mass is 10.0. The maximum absolute atomic E-state index is 12.4. The lowest BCUT2D eigenvalue weighted by molar-refractivity contribution is -0.119. The summed E-state index contributed by atoms with van der Waals surface area (Å²) in [6.45, 7) is 4.53. The van der Waals surface area contributed by atoms with Crippen LogP contribution in [0.5, 0.6) is 0 Å². The fourth-order valence-electron chi connectivity index (χ4n) is 4.07. The molecule has 2 heterocycles. The van der Waals surface area contributed by atoms with Gasteiger partial charge in [-0.25, -0.2) is 4.79 Å². The molecule has 1 fully saturated rings. The van der Waals surface area contributed by atoms with Gasteiger partial charge in [0.25, 0.3) is 5.91 Å². The molecule has 7 heteroatoms. The van der Waals surface area contributed by atoms with Crippen LogP contribution in [0.1, 0.15) is 48.5 Å². The summed E-state index contributed by atoms with van der Waals surface area (Å²) < 4.78 is 5.19. The summed E-state index contributed by atoms with van der Waals surface area (Å²) in [5.74, 6) is -0.802. The predicted molar refractivity (Wildman–Crippen MR) is 115 cm³/mol. The maximum atomic E-state index is 12.4. The number of ether oxygens (including phenoxy) is 1. The van der Waals surface area contributed by atoms with Crippen molar-refractivity contribution < 1.29 is 19.1 Å². The van der Waals surface area contributed by atoms with Crippen LogP contribution in [0.25, 0.3) is 0 Å². The topological polar surface area (TPSA) is 87.7 Å². The summed E-state index contributed by atoms with van der Waals surface area (Å²) in [6, 6.07) is 12.5. The largest absolute Gasteiger partial charge is 0.452 e. The van der Waals surface area contributed by atoms with Crippen molar-refractivity contribution in [2.75, 3.05) is 28.7 Å². The highest BCUT2D eigenvalue weighted by Gasteiger charge is 2.36. The molecule has 2 aliphatic heterocycles. The first-order chi connectivity index (χ1) is 14.4. The second kappa shape index (κ2) is 8.18. The number of amides is 2. The third-order valence-electron chi connectivity index (χ3n) is 5.55. The van der Waals surface area contributed by atoms with E-state index in [0.29, 0.717) is 16.9 Å². The standard InChI is InChI=1S/C23H25N3O4/c1-14(2)16-6-3-4-7-17(16)24-21(27)13-30-23(29)15-9-10-19-18(12-15)25-22(28)20-8-5-11-26(19)20/h3-4,6-7,9-10,12,14,20H,5,8,11,13H2,1-2H3,(H,24,27)(H,25,28)/t20-/m0/s1. The molecule has 0 spiro atoms. The van der Waals surface area contributed by atoms with Crippen LogP contribution >= 0.6 is 0 Å². The molecular formula is C23H25N3O4. The van der Waals surface area contributed by atoms with Gasteiger partial charge in [-0.05, 0) is 48.6 Å². The third-order valence-corrected chi connectivity index (χ3v) is 5.55. The molecule has 2 aromatic carbocycles. The number of nitrogens with zero attached hydrogens (tertiary/aromatic N) is 1. The van der Waals surface area contributed by atoms with E-state index in [1.165, 1.54) is 0 Å². The second-order valence-corrected chi connectivity index (χ2v) is 7.94. The van der Waals surface area contributed by atoms with Gasteiger partial charge in [-0.3, -0.25) is 9.59 Å². The summed E-state index contributed by atoms with van der Waals surface area (Å²) >= 11 is 0. The van der Waals surface area contributed by atoms with E-state index < -0.39 is 11.9 Å². The van der Waals surface area contributed by atoms with E-state index in [2.05, 4.69) is 15.5 Å². The Balaban J connectivity index is 1.40. The van der Waals surface area contributed by atoms with Gasteiger partial charge < -0.3 is 20.3 Å². The highest BCUT2D eigenvalue weighted by Crippen LogP contribution is 2.37. The van der Waals surface area contributed by atoms with Crippen molar-refractivity contribution in [3.63, 3.8) is 0 Å². The Morgan fingerprint density at radius 1 is 1.23 bits per heavy atom. The monoisotopic (exact) mass is 407 g/mol. The molecule has 0 bridgehead atoms. The van der Waals surface area contributed by atoms with Crippen molar-refractivity contribution in [1.29, 1.82) is 0 Å². The molecule has 4 rings (SSSR count). The molecule has 30 heavy (non-hydrogen) atoms. The number of esters is 1. The summed E-state index contributed by atoms with van der Waals surface area (Å²) in [5.41, 5.74) is 3.54. The Bertz CT molecular complexity index is 1000. The number of anilines is 3. The quantitative estimate of drug-likeness (QED) is 0.741. The van der Waals surface area contributed by atoms with Gasteiger partial charge in [0.05, 0.1) is 16.9 Å². The molecular weight excluding hydrogens is 382 g/mol. The van der Waals surface area contributed by atoms with Gasteiger partial charge in [0.15, 0.2) is 6.61 Å². The zero-order valence-corrected chi connectivity index (χ0v) is 17.1. The molecule has 0 aliphatic carbocycles. The molecule has 1 saturated heterocycles. The molecule has 156 valence electrons. The first-order valence-electron chi connectivity index (χ1n) is 10.2. The van der Waals surface area contributed by atoms with Gasteiger partial charge >= 0.3 is 5.97 Å². The Kier molecular flexibility index (Phi) is 5.44. The minimum atomic E-state index is -0.608. The van der Waals surface area contributed by atoms with Crippen LogP contribution < -0.4 is 15.5 Å². The smallest absolute Gasteiger partial charge is 0.338 e. The van der Waals surface area contributed by atoms with E-state index >= 15 is 0 Å². The minimum Gasteiger partial charge on any atom is -0.452 e. The molecule has 2 amide bonds. The number of para-hydroxylation sites is 1. The Morgan fingerprint density at radius 3 is 2.83 bits per heavy atom. The summed E-state index contributed by atoms with van der Waals surface area (Å²) in [4.78, 5) is 39.0. The van der Waals surface area contributed by atoms with E-state index in [4.69, 9.17) is 4.74 Å². The van der Waals surface area contributed by atoms with Crippen LogP contribution in [-0.4, -0.2) is 37.0 Å². The summed E-state index contributed by atoms with van der Waals surface area (Å²) in [5, 5.41) is 5.67. The van der Waals surface area contributed by atoms with Crippen LogP contribution in [0.15, 0.2) is 42.5 Å². The average Bonchev–Trinajstić information content (AvgIpc) is 3.23. The van der Waals surface area contributed by atoms with E-state index in [1.807, 2.05) is 44.2 Å². The highest BCUT2D eigenvalue weighted by molar-refractivity contribution is 6.05. The van der Waals surface area contributed by atoms with Crippen LogP contribution in [0, 0.1) is 0 Å². The molecule has 2 N–H and O–H groups in total. The number of carbonyl (C=O) groups excluding carboxylic acids is 3. The van der Waals surface area contributed by atoms with E-state index in [-0.39, 0.29) is 24.5 Å². The van der Waals surface area contributed by atoms with Gasteiger partial charge in [-0.15, -0.1) is 0 Å². The maximum Gasteiger partial charge on any atom is 0.338 e. The van der Waals surface area contributed by atoms with Crippen molar-refractivity contribution in [3.05, 3.63) is 53.6 Å². The zero-order valence-electron chi connectivity index (χ0n) is 17.1. The van der Waals surface area contributed by atoms with E-state index in [9.17, 15) is 14.4 Å². The number of hydrogen-bond donors (Lipinski definition) is 2. The van der Waals surface area contributed by atoms with E-state index in [1.54, 1.807) is 12.1 Å². The Morgan fingerprint density at radius 2 is 2.03 bits per heavy atom. The number of fused-ring (bicyclic) bond motifs is 3. The molecule has 2 aliphatic rings. The molecule has 0 aromatic heterocycles. The number of carbonyl (C=O) groups is 3. The second-order valence-electron chi connectivity index (χ2n) is 7.94. The van der Waals surface area contributed by atoms with Crippen LogP contribution in [0.3, 0.4) is 0 Å². The first-order valence-corrected chi connectivity index (χ1v) is 10.2. The number of hydrogen-bond acceptors (Lipinski definition) is 5. The lowest BCUT2D eigenvalue weighted by Gasteiger charge is -2.33. The van der Waals surface area contributed by atoms with Crippen LogP contribution in [0.4, 0.5) is 17.1 Å². The highest BCUT2D eigenvalue weighted by atomic mass is 16.5. The van der Waals surface area contributed by atoms with Crippen molar-refractivity contribution >= 4 is 34.8 Å². The molecule has 0 saturated carbocycles. The number of nitrogens with one attached hydrogen (secondary N) is 2. The van der Waals surface area contributed by atoms with Gasteiger partial charge in [-0.2, -0.15) is 0 Å². The summed E-state index contributed by atoms with van der Waals surface area (Å²) in [7, 11) is 0. The first kappa shape index (κ1) is 19.9. The number of benzene rings is 2. The van der Waals surface area contributed by atoms with E-state index in [0.717, 1.165) is 30.6 Å². The van der Waals surface area contributed by atoms with Gasteiger partial charge in [0.2, 0.25) is 5.91 Å². The Labute approximate surface area is 175 Å². The molecule has 2 aromatic rings. The van der Waals surface area contributed by atoms with Gasteiger partial charge in [0, 0.05) is 12.2 Å². The molecule has 0 radical (unpaired) electrons. The average molecular weight is 407 g/mol. The normalized spacial score (nSPS) is 17.2. The van der Waals surface area contributed by atoms with Crippen LogP contribution in [-0.2, 0) is 14.3 Å². The lowest BCUT2D eigenvalue weighted by Crippen LogP contribution is -2.43. The van der Waals surface area contributed by atoms with Crippen molar-refractivity contribution in [1.82, 2.24) is 0 Å². The third kappa shape index (κ3) is 3.87. The van der Waals surface area contributed by atoms with Gasteiger partial charge in [0.1, 0.15) is 6.04 Å². The predicted octanol–water partition coefficient (Wildman–Crippen LogP) is 3.53. The number of rotatable bonds is 5. The zero-order chi connectivity index (χ0) is 21.3.